The molecule has 1 heterocycles. The molecule has 0 saturated carbocycles. The van der Waals surface area contributed by atoms with Crippen LogP contribution in [-0.4, -0.2) is 23.5 Å². The van der Waals surface area contributed by atoms with Gasteiger partial charge in [0.15, 0.2) is 0 Å². The van der Waals surface area contributed by atoms with Crippen LogP contribution in [0.5, 0.6) is 0 Å². The molecule has 0 unspecified atom stereocenters. The number of pyridine rings is 1. The Kier molecular flexibility index (Phi) is 4.89. The van der Waals surface area contributed by atoms with E-state index >= 15 is 0 Å². The standard InChI is InChI=1S/C19H18N4O2/c1-13-4-2-6-15(10-13)23-19(25)21-12-18(24)22-16-7-8-17-14(11-16)5-3-9-20-17/h2-11H,12H2,1H3,(H,22,24)(H2,21,23,25). The lowest BCUT2D eigenvalue weighted by atomic mass is 10.2. The van der Waals surface area contributed by atoms with Crippen molar-refractivity contribution in [2.45, 2.75) is 6.92 Å². The lowest BCUT2D eigenvalue weighted by Crippen LogP contribution is -2.35. The van der Waals surface area contributed by atoms with Gasteiger partial charge in [-0.05, 0) is 48.9 Å². The smallest absolute Gasteiger partial charge is 0.319 e. The quantitative estimate of drug-likeness (QED) is 0.684. The molecule has 0 fully saturated rings. The van der Waals surface area contributed by atoms with Crippen molar-refractivity contribution in [3.8, 4) is 0 Å². The largest absolute Gasteiger partial charge is 0.329 e. The first-order chi connectivity index (χ1) is 12.1. The fourth-order valence-corrected chi connectivity index (χ4v) is 2.42. The summed E-state index contributed by atoms with van der Waals surface area (Å²) in [5.74, 6) is -0.303. The molecule has 0 atom stereocenters. The van der Waals surface area contributed by atoms with Crippen LogP contribution < -0.4 is 16.0 Å². The van der Waals surface area contributed by atoms with Gasteiger partial charge in [0.05, 0.1) is 12.1 Å². The molecule has 25 heavy (non-hydrogen) atoms. The third kappa shape index (κ3) is 4.54. The average molecular weight is 334 g/mol. The number of amides is 3. The minimum atomic E-state index is -0.427. The molecule has 0 bridgehead atoms. The summed E-state index contributed by atoms with van der Waals surface area (Å²) in [7, 11) is 0. The number of hydrogen-bond donors (Lipinski definition) is 3. The van der Waals surface area contributed by atoms with Crippen LogP contribution >= 0.6 is 0 Å². The molecule has 0 spiro atoms. The zero-order valence-electron chi connectivity index (χ0n) is 13.7. The van der Waals surface area contributed by atoms with Crippen molar-refractivity contribution in [2.24, 2.45) is 0 Å². The van der Waals surface area contributed by atoms with Crippen molar-refractivity contribution in [2.75, 3.05) is 17.2 Å². The maximum absolute atomic E-state index is 12.0. The number of carbonyl (C=O) groups excluding carboxylic acids is 2. The van der Waals surface area contributed by atoms with Gasteiger partial charge in [-0.25, -0.2) is 4.79 Å². The SMILES string of the molecule is Cc1cccc(NC(=O)NCC(=O)Nc2ccc3ncccc3c2)c1. The highest BCUT2D eigenvalue weighted by molar-refractivity contribution is 5.98. The van der Waals surface area contributed by atoms with Crippen molar-refractivity contribution in [3.63, 3.8) is 0 Å². The second-order valence-corrected chi connectivity index (χ2v) is 5.64. The van der Waals surface area contributed by atoms with Crippen LogP contribution in [-0.2, 0) is 4.79 Å². The Morgan fingerprint density at radius 3 is 2.64 bits per heavy atom. The van der Waals surface area contributed by atoms with E-state index in [9.17, 15) is 9.59 Å². The second kappa shape index (κ2) is 7.44. The van der Waals surface area contributed by atoms with Crippen molar-refractivity contribution in [3.05, 3.63) is 66.4 Å². The molecule has 126 valence electrons. The summed E-state index contributed by atoms with van der Waals surface area (Å²) >= 11 is 0. The normalized spacial score (nSPS) is 10.3. The van der Waals surface area contributed by atoms with E-state index in [1.165, 1.54) is 0 Å². The molecule has 3 aromatic rings. The summed E-state index contributed by atoms with van der Waals surface area (Å²) in [6.07, 6.45) is 1.72. The average Bonchev–Trinajstić information content (AvgIpc) is 2.60. The van der Waals surface area contributed by atoms with Crippen LogP contribution in [0.1, 0.15) is 5.56 Å². The van der Waals surface area contributed by atoms with Gasteiger partial charge in [0.25, 0.3) is 0 Å². The summed E-state index contributed by atoms with van der Waals surface area (Å²) in [5.41, 5.74) is 3.24. The van der Waals surface area contributed by atoms with Crippen LogP contribution in [0.25, 0.3) is 10.9 Å². The molecule has 2 aromatic carbocycles. The third-order valence-corrected chi connectivity index (χ3v) is 3.57. The molecule has 0 saturated heterocycles. The number of anilines is 2. The highest BCUT2D eigenvalue weighted by atomic mass is 16.2. The number of aromatic nitrogens is 1. The van der Waals surface area contributed by atoms with E-state index in [0.29, 0.717) is 11.4 Å². The maximum Gasteiger partial charge on any atom is 0.319 e. The second-order valence-electron chi connectivity index (χ2n) is 5.64. The lowest BCUT2D eigenvalue weighted by molar-refractivity contribution is -0.115. The van der Waals surface area contributed by atoms with Gasteiger partial charge in [0, 0.05) is 23.0 Å². The summed E-state index contributed by atoms with van der Waals surface area (Å²) in [4.78, 5) is 28.1. The van der Waals surface area contributed by atoms with E-state index in [4.69, 9.17) is 0 Å². The fourth-order valence-electron chi connectivity index (χ4n) is 2.42. The number of carbonyl (C=O) groups is 2. The molecule has 3 amide bonds. The Balaban J connectivity index is 1.52. The van der Waals surface area contributed by atoms with Crippen LogP contribution in [0.3, 0.4) is 0 Å². The predicted molar refractivity (Wildman–Crippen MR) is 98.6 cm³/mol. The zero-order chi connectivity index (χ0) is 17.6. The molecule has 0 aliphatic heterocycles. The van der Waals surface area contributed by atoms with Gasteiger partial charge in [-0.1, -0.05) is 18.2 Å². The van der Waals surface area contributed by atoms with Crippen molar-refractivity contribution < 1.29 is 9.59 Å². The Morgan fingerprint density at radius 1 is 0.960 bits per heavy atom. The number of fused-ring (bicyclic) bond motifs is 1. The van der Waals surface area contributed by atoms with Crippen LogP contribution in [0.4, 0.5) is 16.2 Å². The topological polar surface area (TPSA) is 83.1 Å². The van der Waals surface area contributed by atoms with Crippen molar-refractivity contribution in [1.82, 2.24) is 10.3 Å². The zero-order valence-corrected chi connectivity index (χ0v) is 13.7. The number of rotatable bonds is 4. The molecule has 1 aromatic heterocycles. The molecule has 0 radical (unpaired) electrons. The highest BCUT2D eigenvalue weighted by Crippen LogP contribution is 2.16. The number of nitrogens with zero attached hydrogens (tertiary/aromatic N) is 1. The monoisotopic (exact) mass is 334 g/mol. The van der Waals surface area contributed by atoms with E-state index in [1.807, 2.05) is 49.4 Å². The fraction of sp³-hybridized carbons (Fsp3) is 0.105. The molecule has 0 aliphatic carbocycles. The van der Waals surface area contributed by atoms with Gasteiger partial charge in [0.2, 0.25) is 5.91 Å². The molecule has 3 N–H and O–H groups in total. The van der Waals surface area contributed by atoms with Crippen LogP contribution in [0.2, 0.25) is 0 Å². The van der Waals surface area contributed by atoms with Gasteiger partial charge < -0.3 is 16.0 Å². The first-order valence-corrected chi connectivity index (χ1v) is 7.86. The molecule has 0 aliphatic rings. The van der Waals surface area contributed by atoms with Gasteiger partial charge >= 0.3 is 6.03 Å². The Morgan fingerprint density at radius 2 is 1.80 bits per heavy atom. The molecule has 3 rings (SSSR count). The number of aryl methyl sites for hydroxylation is 1. The minimum Gasteiger partial charge on any atom is -0.329 e. The minimum absolute atomic E-state index is 0.122. The van der Waals surface area contributed by atoms with Gasteiger partial charge in [-0.2, -0.15) is 0 Å². The summed E-state index contributed by atoms with van der Waals surface area (Å²) in [6.45, 7) is 1.82. The number of benzene rings is 2. The summed E-state index contributed by atoms with van der Waals surface area (Å²) in [5, 5.41) is 8.91. The summed E-state index contributed by atoms with van der Waals surface area (Å²) in [6, 6.07) is 16.2. The molecule has 6 heteroatoms. The van der Waals surface area contributed by atoms with Crippen molar-refractivity contribution in [1.29, 1.82) is 0 Å². The van der Waals surface area contributed by atoms with Crippen LogP contribution in [0.15, 0.2) is 60.8 Å². The lowest BCUT2D eigenvalue weighted by Gasteiger charge is -2.09. The number of nitrogens with one attached hydrogen (secondary N) is 3. The maximum atomic E-state index is 12.0. The van der Waals surface area contributed by atoms with Gasteiger partial charge in [-0.15, -0.1) is 0 Å². The highest BCUT2D eigenvalue weighted by Gasteiger charge is 2.07. The van der Waals surface area contributed by atoms with E-state index < -0.39 is 6.03 Å². The first kappa shape index (κ1) is 16.4. The Bertz CT molecular complexity index is 924. The van der Waals surface area contributed by atoms with Crippen molar-refractivity contribution >= 4 is 34.2 Å². The van der Waals surface area contributed by atoms with E-state index in [2.05, 4.69) is 20.9 Å². The molecular weight excluding hydrogens is 316 g/mol. The predicted octanol–water partition coefficient (Wildman–Crippen LogP) is 3.30. The van der Waals surface area contributed by atoms with E-state index in [0.717, 1.165) is 16.5 Å². The Hall–Kier alpha value is -3.41. The first-order valence-electron chi connectivity index (χ1n) is 7.86. The number of urea groups is 1. The Labute approximate surface area is 145 Å². The van der Waals surface area contributed by atoms with Crippen LogP contribution in [0, 0.1) is 6.92 Å². The van der Waals surface area contributed by atoms with Gasteiger partial charge in [-0.3, -0.25) is 9.78 Å². The third-order valence-electron chi connectivity index (χ3n) is 3.57. The van der Waals surface area contributed by atoms with E-state index in [-0.39, 0.29) is 12.5 Å². The summed E-state index contributed by atoms with van der Waals surface area (Å²) < 4.78 is 0. The molecular formula is C19H18N4O2. The van der Waals surface area contributed by atoms with E-state index in [1.54, 1.807) is 18.3 Å². The number of hydrogen-bond acceptors (Lipinski definition) is 3. The van der Waals surface area contributed by atoms with Gasteiger partial charge in [0.1, 0.15) is 0 Å². The molecule has 6 nitrogen and oxygen atoms in total.